The van der Waals surface area contributed by atoms with E-state index in [0.717, 1.165) is 22.7 Å². The van der Waals surface area contributed by atoms with Crippen LogP contribution in [0.1, 0.15) is 28.0 Å². The molecule has 0 aliphatic rings. The Morgan fingerprint density at radius 1 is 1.45 bits per heavy atom. The highest BCUT2D eigenvalue weighted by Crippen LogP contribution is 2.05. The highest BCUT2D eigenvalue weighted by atomic mass is 32.1. The summed E-state index contributed by atoms with van der Waals surface area (Å²) in [5, 5.41) is 16.8. The molecule has 0 unspecified atom stereocenters. The average Bonchev–Trinajstić information content (AvgIpc) is 3.00. The Bertz CT molecular complexity index is 629. The molecule has 0 radical (unpaired) electrons. The second kappa shape index (κ2) is 7.38. The van der Waals surface area contributed by atoms with Crippen molar-refractivity contribution < 1.29 is 9.90 Å². The lowest BCUT2D eigenvalue weighted by molar-refractivity contribution is 0.0946. The first-order valence-electron chi connectivity index (χ1n) is 6.03. The summed E-state index contributed by atoms with van der Waals surface area (Å²) in [5.74, 6) is 5.58. The first kappa shape index (κ1) is 14.2. The van der Waals surface area contributed by atoms with Gasteiger partial charge in [-0.3, -0.25) is 4.79 Å². The van der Waals surface area contributed by atoms with Crippen molar-refractivity contribution in [3.63, 3.8) is 0 Å². The van der Waals surface area contributed by atoms with Crippen molar-refractivity contribution in [2.75, 3.05) is 6.61 Å². The summed E-state index contributed by atoms with van der Waals surface area (Å²) < 4.78 is 3.65. The lowest BCUT2D eigenvalue weighted by Crippen LogP contribution is -2.23. The van der Waals surface area contributed by atoms with E-state index in [2.05, 4.69) is 26.7 Å². The van der Waals surface area contributed by atoms with Gasteiger partial charge in [-0.15, -0.1) is 5.10 Å². The molecule has 6 heteroatoms. The molecule has 0 saturated heterocycles. The number of hydrogen-bond acceptors (Lipinski definition) is 5. The largest absolute Gasteiger partial charge is 0.395 e. The summed E-state index contributed by atoms with van der Waals surface area (Å²) in [6.07, 6.45) is 0.456. The first-order valence-corrected chi connectivity index (χ1v) is 6.87. The van der Waals surface area contributed by atoms with Crippen LogP contribution in [0.5, 0.6) is 0 Å². The number of carbonyl (C=O) groups excluding carboxylic acids is 1. The van der Waals surface area contributed by atoms with E-state index in [0.29, 0.717) is 18.7 Å². The van der Waals surface area contributed by atoms with E-state index >= 15 is 0 Å². The van der Waals surface area contributed by atoms with Crippen LogP contribution >= 0.6 is 11.5 Å². The molecule has 20 heavy (non-hydrogen) atoms. The highest BCUT2D eigenvalue weighted by molar-refractivity contribution is 7.03. The van der Waals surface area contributed by atoms with Gasteiger partial charge in [-0.2, -0.15) is 0 Å². The Kier molecular flexibility index (Phi) is 5.24. The summed E-state index contributed by atoms with van der Waals surface area (Å²) in [6.45, 7) is 0.469. The molecule has 1 aromatic heterocycles. The monoisotopic (exact) mass is 287 g/mol. The van der Waals surface area contributed by atoms with Crippen molar-refractivity contribution in [3.8, 4) is 11.8 Å². The van der Waals surface area contributed by atoms with E-state index < -0.39 is 0 Å². The Balaban J connectivity index is 1.95. The van der Waals surface area contributed by atoms with Crippen LogP contribution in [-0.4, -0.2) is 27.2 Å². The molecule has 1 aromatic carbocycles. The predicted octanol–water partition coefficient (Wildman–Crippen LogP) is 1.20. The maximum absolute atomic E-state index is 11.7. The Morgan fingerprint density at radius 3 is 3.10 bits per heavy atom. The van der Waals surface area contributed by atoms with Gasteiger partial charge in [0.15, 0.2) is 5.69 Å². The zero-order valence-corrected chi connectivity index (χ0v) is 11.5. The maximum Gasteiger partial charge on any atom is 0.273 e. The van der Waals surface area contributed by atoms with Gasteiger partial charge in [0, 0.05) is 23.9 Å². The van der Waals surface area contributed by atoms with E-state index in [1.54, 1.807) is 5.38 Å². The standard InChI is InChI=1S/C14H13N3O2S/c18-7-2-1-4-11-5-3-6-12(8-11)9-15-14(19)13-10-20-17-16-13/h3,5-6,8,10,18H,2,7,9H2,(H,15,19). The highest BCUT2D eigenvalue weighted by Gasteiger charge is 2.07. The van der Waals surface area contributed by atoms with Crippen LogP contribution in [-0.2, 0) is 6.54 Å². The number of aromatic nitrogens is 2. The zero-order valence-electron chi connectivity index (χ0n) is 10.7. The fraction of sp³-hybridized carbons (Fsp3) is 0.214. The Hall–Kier alpha value is -2.23. The SMILES string of the molecule is O=C(NCc1cccc(C#CCCO)c1)c1csnn1. The minimum Gasteiger partial charge on any atom is -0.395 e. The third-order valence-electron chi connectivity index (χ3n) is 2.44. The van der Waals surface area contributed by atoms with E-state index in [4.69, 9.17) is 5.11 Å². The van der Waals surface area contributed by atoms with Crippen LogP contribution in [0.4, 0.5) is 0 Å². The molecule has 0 saturated carbocycles. The molecule has 102 valence electrons. The molecule has 5 nitrogen and oxygen atoms in total. The number of nitrogens with zero attached hydrogens (tertiary/aromatic N) is 2. The summed E-state index contributed by atoms with van der Waals surface area (Å²) in [6, 6.07) is 7.59. The summed E-state index contributed by atoms with van der Waals surface area (Å²) in [7, 11) is 0. The summed E-state index contributed by atoms with van der Waals surface area (Å²) >= 11 is 1.14. The summed E-state index contributed by atoms with van der Waals surface area (Å²) in [4.78, 5) is 11.7. The molecule has 2 N–H and O–H groups in total. The van der Waals surface area contributed by atoms with E-state index in [9.17, 15) is 4.79 Å². The molecule has 1 heterocycles. The topological polar surface area (TPSA) is 75.1 Å². The third-order valence-corrected chi connectivity index (χ3v) is 2.95. The molecule has 0 atom stereocenters. The first-order chi connectivity index (χ1) is 9.79. The second-order valence-electron chi connectivity index (χ2n) is 3.95. The Morgan fingerprint density at radius 2 is 2.35 bits per heavy atom. The normalized spacial score (nSPS) is 9.65. The Labute approximate surface area is 120 Å². The van der Waals surface area contributed by atoms with Crippen LogP contribution in [0.25, 0.3) is 0 Å². The van der Waals surface area contributed by atoms with Crippen LogP contribution < -0.4 is 5.32 Å². The van der Waals surface area contributed by atoms with E-state index in [1.165, 1.54) is 0 Å². The van der Waals surface area contributed by atoms with Gasteiger partial charge in [-0.05, 0) is 29.2 Å². The van der Waals surface area contributed by atoms with Crippen LogP contribution in [0.15, 0.2) is 29.6 Å². The van der Waals surface area contributed by atoms with Gasteiger partial charge in [0.25, 0.3) is 5.91 Å². The zero-order chi connectivity index (χ0) is 14.2. The van der Waals surface area contributed by atoms with Gasteiger partial charge in [-0.1, -0.05) is 28.5 Å². The molecule has 0 bridgehead atoms. The lowest BCUT2D eigenvalue weighted by atomic mass is 10.1. The van der Waals surface area contributed by atoms with Crippen LogP contribution in [0, 0.1) is 11.8 Å². The van der Waals surface area contributed by atoms with Gasteiger partial charge in [0.05, 0.1) is 6.61 Å². The quantitative estimate of drug-likeness (QED) is 0.829. The predicted molar refractivity (Wildman–Crippen MR) is 76.1 cm³/mol. The number of benzene rings is 1. The van der Waals surface area contributed by atoms with E-state index in [-0.39, 0.29) is 12.5 Å². The number of carbonyl (C=O) groups is 1. The average molecular weight is 287 g/mol. The molecule has 2 rings (SSSR count). The smallest absolute Gasteiger partial charge is 0.273 e. The van der Waals surface area contributed by atoms with Crippen molar-refractivity contribution in [2.45, 2.75) is 13.0 Å². The minimum atomic E-state index is -0.240. The number of rotatable bonds is 4. The van der Waals surface area contributed by atoms with Crippen molar-refractivity contribution in [2.24, 2.45) is 0 Å². The van der Waals surface area contributed by atoms with Crippen molar-refractivity contribution in [3.05, 3.63) is 46.5 Å². The molecular weight excluding hydrogens is 274 g/mol. The number of aliphatic hydroxyl groups excluding tert-OH is 1. The second-order valence-corrected chi connectivity index (χ2v) is 4.56. The molecule has 0 spiro atoms. The van der Waals surface area contributed by atoms with Gasteiger partial charge >= 0.3 is 0 Å². The molecular formula is C14H13N3O2S. The fourth-order valence-electron chi connectivity index (χ4n) is 1.52. The number of aliphatic hydroxyl groups is 1. The van der Waals surface area contributed by atoms with Crippen molar-refractivity contribution in [1.82, 2.24) is 14.9 Å². The maximum atomic E-state index is 11.7. The lowest BCUT2D eigenvalue weighted by Gasteiger charge is -2.03. The van der Waals surface area contributed by atoms with Crippen LogP contribution in [0.3, 0.4) is 0 Å². The number of nitrogens with one attached hydrogen (secondary N) is 1. The van der Waals surface area contributed by atoms with Gasteiger partial charge in [-0.25, -0.2) is 0 Å². The van der Waals surface area contributed by atoms with Crippen molar-refractivity contribution in [1.29, 1.82) is 0 Å². The fourth-order valence-corrected chi connectivity index (χ4v) is 1.95. The van der Waals surface area contributed by atoms with Crippen molar-refractivity contribution >= 4 is 17.4 Å². The van der Waals surface area contributed by atoms with Crippen LogP contribution in [0.2, 0.25) is 0 Å². The molecule has 0 aliphatic heterocycles. The molecule has 0 aliphatic carbocycles. The van der Waals surface area contributed by atoms with Gasteiger partial charge in [0.1, 0.15) is 0 Å². The third kappa shape index (κ3) is 4.16. The number of amides is 1. The number of hydrogen-bond donors (Lipinski definition) is 2. The minimum absolute atomic E-state index is 0.0599. The molecule has 2 aromatic rings. The van der Waals surface area contributed by atoms with Gasteiger partial charge in [0.2, 0.25) is 0 Å². The molecule has 1 amide bonds. The van der Waals surface area contributed by atoms with Gasteiger partial charge < -0.3 is 10.4 Å². The molecule has 0 fully saturated rings. The summed E-state index contributed by atoms with van der Waals surface area (Å²) in [5.41, 5.74) is 2.15. The van der Waals surface area contributed by atoms with E-state index in [1.807, 2.05) is 24.3 Å².